The second-order valence-corrected chi connectivity index (χ2v) is 8.96. The van der Waals surface area contributed by atoms with Crippen molar-refractivity contribution in [3.63, 3.8) is 0 Å². The average molecular weight is 434 g/mol. The highest BCUT2D eigenvalue weighted by molar-refractivity contribution is 7.92. The highest BCUT2D eigenvalue weighted by atomic mass is 32.2. The molecular weight excluding hydrogens is 406 g/mol. The summed E-state index contributed by atoms with van der Waals surface area (Å²) in [4.78, 5) is 14.6. The Kier molecular flexibility index (Phi) is 6.84. The van der Waals surface area contributed by atoms with Crippen LogP contribution in [-0.2, 0) is 23.0 Å². The van der Waals surface area contributed by atoms with Crippen LogP contribution in [0.3, 0.4) is 0 Å². The van der Waals surface area contributed by atoms with Crippen LogP contribution in [0.15, 0.2) is 36.4 Å². The lowest BCUT2D eigenvalue weighted by atomic mass is 9.99. The molecule has 8 nitrogen and oxygen atoms in total. The van der Waals surface area contributed by atoms with Crippen molar-refractivity contribution < 1.29 is 22.7 Å². The minimum atomic E-state index is -3.34. The number of amides is 1. The van der Waals surface area contributed by atoms with Crippen molar-refractivity contribution in [1.29, 1.82) is 0 Å². The van der Waals surface area contributed by atoms with Crippen LogP contribution in [0.5, 0.6) is 11.5 Å². The molecule has 1 amide bonds. The summed E-state index contributed by atoms with van der Waals surface area (Å²) in [6.45, 7) is 2.94. The van der Waals surface area contributed by atoms with Gasteiger partial charge in [-0.3, -0.25) is 14.4 Å². The monoisotopic (exact) mass is 433 g/mol. The molecule has 1 aliphatic heterocycles. The molecule has 0 fully saturated rings. The number of fused-ring (bicyclic) bond motifs is 1. The number of nitrogens with one attached hydrogen (secondary N) is 2. The first-order chi connectivity index (χ1) is 14.3. The zero-order chi connectivity index (χ0) is 21.7. The number of nitrogens with zero attached hydrogens (tertiary/aromatic N) is 1. The maximum atomic E-state index is 12.3. The van der Waals surface area contributed by atoms with E-state index in [9.17, 15) is 13.2 Å². The standard InChI is InChI=1S/C21H27N3O5S/c1-28-19-12-16-8-10-24(14-17(16)13-20(19)29-2)11-9-22-21(25)15-4-6-18(7-5-15)23-30(3,26)27/h4-7,12-13,23H,8-11,14H2,1-3H3,(H,22,25). The zero-order valence-electron chi connectivity index (χ0n) is 17.4. The molecular formula is C21H27N3O5S. The number of ether oxygens (including phenoxy) is 2. The topological polar surface area (TPSA) is 97.0 Å². The molecule has 30 heavy (non-hydrogen) atoms. The summed E-state index contributed by atoms with van der Waals surface area (Å²) in [6, 6.07) is 10.4. The number of hydrogen-bond acceptors (Lipinski definition) is 6. The molecule has 1 aliphatic rings. The molecule has 2 N–H and O–H groups in total. The Balaban J connectivity index is 1.51. The molecule has 0 bridgehead atoms. The first-order valence-electron chi connectivity index (χ1n) is 9.61. The third-order valence-electron chi connectivity index (χ3n) is 4.96. The van der Waals surface area contributed by atoms with Gasteiger partial charge in [0.2, 0.25) is 10.0 Å². The molecule has 0 spiro atoms. The van der Waals surface area contributed by atoms with Crippen molar-refractivity contribution in [1.82, 2.24) is 10.2 Å². The molecule has 0 saturated heterocycles. The van der Waals surface area contributed by atoms with Gasteiger partial charge in [-0.15, -0.1) is 0 Å². The molecule has 162 valence electrons. The van der Waals surface area contributed by atoms with Gasteiger partial charge in [-0.1, -0.05) is 0 Å². The number of rotatable bonds is 8. The van der Waals surface area contributed by atoms with Crippen molar-refractivity contribution in [2.24, 2.45) is 0 Å². The number of methoxy groups -OCH3 is 2. The van der Waals surface area contributed by atoms with Crippen LogP contribution in [0.1, 0.15) is 21.5 Å². The normalized spacial score (nSPS) is 14.0. The van der Waals surface area contributed by atoms with Gasteiger partial charge in [-0.25, -0.2) is 8.42 Å². The Morgan fingerprint density at radius 2 is 1.70 bits per heavy atom. The van der Waals surface area contributed by atoms with Crippen LogP contribution in [0.2, 0.25) is 0 Å². The first kappa shape index (κ1) is 21.9. The van der Waals surface area contributed by atoms with Crippen LogP contribution in [0.4, 0.5) is 5.69 Å². The first-order valence-corrected chi connectivity index (χ1v) is 11.5. The minimum absolute atomic E-state index is 0.190. The SMILES string of the molecule is COc1cc2c(cc1OC)CN(CCNC(=O)c1ccc(NS(C)(=O)=O)cc1)CC2. The van der Waals surface area contributed by atoms with Crippen molar-refractivity contribution in [3.8, 4) is 11.5 Å². The maximum absolute atomic E-state index is 12.3. The second kappa shape index (κ2) is 9.36. The molecule has 0 aliphatic carbocycles. The largest absolute Gasteiger partial charge is 0.493 e. The Labute approximate surface area is 177 Å². The lowest BCUT2D eigenvalue weighted by Gasteiger charge is -2.29. The van der Waals surface area contributed by atoms with E-state index < -0.39 is 10.0 Å². The van der Waals surface area contributed by atoms with E-state index in [0.717, 1.165) is 43.8 Å². The molecule has 2 aromatic rings. The average Bonchev–Trinajstić information content (AvgIpc) is 2.71. The summed E-state index contributed by atoms with van der Waals surface area (Å²) < 4.78 is 35.6. The Hall–Kier alpha value is -2.78. The van der Waals surface area contributed by atoms with Gasteiger partial charge >= 0.3 is 0 Å². The smallest absolute Gasteiger partial charge is 0.251 e. The van der Waals surface area contributed by atoms with Crippen molar-refractivity contribution in [2.45, 2.75) is 13.0 Å². The van der Waals surface area contributed by atoms with E-state index >= 15 is 0 Å². The van der Waals surface area contributed by atoms with E-state index in [-0.39, 0.29) is 5.91 Å². The fourth-order valence-electron chi connectivity index (χ4n) is 3.47. The number of benzene rings is 2. The zero-order valence-corrected chi connectivity index (χ0v) is 18.2. The summed E-state index contributed by atoms with van der Waals surface area (Å²) in [6.07, 6.45) is 2.00. The Morgan fingerprint density at radius 3 is 2.30 bits per heavy atom. The van der Waals surface area contributed by atoms with Crippen LogP contribution in [0.25, 0.3) is 0 Å². The summed E-state index contributed by atoms with van der Waals surface area (Å²) in [7, 11) is -0.0717. The van der Waals surface area contributed by atoms with Crippen LogP contribution >= 0.6 is 0 Å². The van der Waals surface area contributed by atoms with E-state index in [2.05, 4.69) is 14.9 Å². The third-order valence-corrected chi connectivity index (χ3v) is 5.57. The van der Waals surface area contributed by atoms with Crippen LogP contribution in [0, 0.1) is 0 Å². The molecule has 9 heteroatoms. The third kappa shape index (κ3) is 5.64. The Bertz CT molecular complexity index is 1010. The predicted molar refractivity (Wildman–Crippen MR) is 116 cm³/mol. The molecule has 0 unspecified atom stereocenters. The number of carbonyl (C=O) groups is 1. The van der Waals surface area contributed by atoms with E-state index in [4.69, 9.17) is 9.47 Å². The molecule has 0 radical (unpaired) electrons. The number of carbonyl (C=O) groups excluding carboxylic acids is 1. The van der Waals surface area contributed by atoms with E-state index in [0.29, 0.717) is 17.8 Å². The Morgan fingerprint density at radius 1 is 1.07 bits per heavy atom. The van der Waals surface area contributed by atoms with Gasteiger partial charge < -0.3 is 14.8 Å². The second-order valence-electron chi connectivity index (χ2n) is 7.21. The number of hydrogen-bond donors (Lipinski definition) is 2. The van der Waals surface area contributed by atoms with Crippen molar-refractivity contribution in [2.75, 3.05) is 44.8 Å². The van der Waals surface area contributed by atoms with Crippen molar-refractivity contribution >= 4 is 21.6 Å². The van der Waals surface area contributed by atoms with Crippen LogP contribution in [-0.4, -0.2) is 59.3 Å². The van der Waals surface area contributed by atoms with Gasteiger partial charge in [0.15, 0.2) is 11.5 Å². The summed E-state index contributed by atoms with van der Waals surface area (Å²) in [5.74, 6) is 1.28. The van der Waals surface area contributed by atoms with Gasteiger partial charge in [0, 0.05) is 37.4 Å². The fraction of sp³-hybridized carbons (Fsp3) is 0.381. The van der Waals surface area contributed by atoms with Crippen LogP contribution < -0.4 is 19.5 Å². The molecule has 0 atom stereocenters. The summed E-state index contributed by atoms with van der Waals surface area (Å²) >= 11 is 0. The molecule has 2 aromatic carbocycles. The van der Waals surface area contributed by atoms with Gasteiger partial charge in [0.1, 0.15) is 0 Å². The predicted octanol–water partition coefficient (Wildman–Crippen LogP) is 1.86. The van der Waals surface area contributed by atoms with E-state index in [1.54, 1.807) is 38.5 Å². The highest BCUT2D eigenvalue weighted by Crippen LogP contribution is 2.33. The summed E-state index contributed by atoms with van der Waals surface area (Å²) in [5.41, 5.74) is 3.37. The van der Waals surface area contributed by atoms with Crippen molar-refractivity contribution in [3.05, 3.63) is 53.1 Å². The summed E-state index contributed by atoms with van der Waals surface area (Å²) in [5, 5.41) is 2.91. The number of sulfonamides is 1. The molecule has 3 rings (SSSR count). The van der Waals surface area contributed by atoms with E-state index in [1.165, 1.54) is 11.1 Å². The van der Waals surface area contributed by atoms with Gasteiger partial charge in [-0.2, -0.15) is 0 Å². The quantitative estimate of drug-likeness (QED) is 0.660. The lowest BCUT2D eigenvalue weighted by Crippen LogP contribution is -2.37. The van der Waals surface area contributed by atoms with E-state index in [1.807, 2.05) is 12.1 Å². The number of anilines is 1. The van der Waals surface area contributed by atoms with Gasteiger partial charge in [0.25, 0.3) is 5.91 Å². The minimum Gasteiger partial charge on any atom is -0.493 e. The highest BCUT2D eigenvalue weighted by Gasteiger charge is 2.19. The fourth-order valence-corrected chi connectivity index (χ4v) is 4.03. The van der Waals surface area contributed by atoms with Gasteiger partial charge in [-0.05, 0) is 53.9 Å². The maximum Gasteiger partial charge on any atom is 0.251 e. The molecule has 0 saturated carbocycles. The lowest BCUT2D eigenvalue weighted by molar-refractivity contribution is 0.0947. The molecule has 0 aromatic heterocycles. The molecule has 1 heterocycles. The van der Waals surface area contributed by atoms with Gasteiger partial charge in [0.05, 0.1) is 20.5 Å².